The van der Waals surface area contributed by atoms with E-state index in [9.17, 15) is 18.0 Å². The van der Waals surface area contributed by atoms with Gasteiger partial charge in [-0.1, -0.05) is 44.4 Å². The monoisotopic (exact) mass is 571 g/mol. The largest absolute Gasteiger partial charge is 0.497 e. The van der Waals surface area contributed by atoms with E-state index >= 15 is 0 Å². The van der Waals surface area contributed by atoms with E-state index in [0.717, 1.165) is 48.1 Å². The molecule has 1 fully saturated rings. The molecule has 220 valence electrons. The number of carbonyl (C=O) groups excluding carboxylic acids is 2. The molecule has 0 spiro atoms. The predicted molar refractivity (Wildman–Crippen MR) is 160 cm³/mol. The minimum absolute atomic E-state index is 0.121. The summed E-state index contributed by atoms with van der Waals surface area (Å²) in [6.07, 6.45) is 7.46. The molecule has 40 heavy (non-hydrogen) atoms. The molecule has 1 N–H and O–H groups in total. The molecule has 0 aromatic heterocycles. The fourth-order valence-corrected chi connectivity index (χ4v) is 6.23. The molecule has 9 heteroatoms. The minimum atomic E-state index is -3.54. The lowest BCUT2D eigenvalue weighted by molar-refractivity contribution is -0.141. The fourth-order valence-electron chi connectivity index (χ4n) is 5.28. The first-order valence-electron chi connectivity index (χ1n) is 14.3. The highest BCUT2D eigenvalue weighted by molar-refractivity contribution is 7.92. The fraction of sp³-hybridized carbons (Fsp3) is 0.548. The van der Waals surface area contributed by atoms with Crippen molar-refractivity contribution in [3.63, 3.8) is 0 Å². The molecule has 2 aromatic rings. The van der Waals surface area contributed by atoms with E-state index in [-0.39, 0.29) is 37.4 Å². The normalized spacial score (nSPS) is 14.8. The molecule has 8 nitrogen and oxygen atoms in total. The summed E-state index contributed by atoms with van der Waals surface area (Å²) in [6.45, 7) is 6.31. The number of nitrogens with zero attached hydrogens (tertiary/aromatic N) is 2. The molecular formula is C31H45N3O5S. The van der Waals surface area contributed by atoms with Crippen LogP contribution in [-0.4, -0.2) is 57.1 Å². The standard InChI is InChI=1S/C31H45N3O5S/c1-6-29(31(36)32-26-11-8-7-9-12-26)33(22-25-15-18-28(39-4)19-16-25)30(35)13-10-20-34(40(5,37)38)27-17-14-23(2)24(3)21-27/h14-19,21,26,29H,6-13,20,22H2,1-5H3,(H,32,36)/t29-/m0/s1. The zero-order valence-corrected chi connectivity index (χ0v) is 25.4. The Bertz CT molecular complexity index is 1240. The number of hydrogen-bond donors (Lipinski definition) is 1. The minimum Gasteiger partial charge on any atom is -0.497 e. The number of ether oxygens (including phenoxy) is 1. The van der Waals surface area contributed by atoms with Gasteiger partial charge in [0, 0.05) is 25.6 Å². The van der Waals surface area contributed by atoms with E-state index in [1.54, 1.807) is 18.1 Å². The molecule has 2 amide bonds. The van der Waals surface area contributed by atoms with Gasteiger partial charge in [0.25, 0.3) is 0 Å². The van der Waals surface area contributed by atoms with Gasteiger partial charge in [-0.05, 0) is 80.5 Å². The van der Waals surface area contributed by atoms with Crippen LogP contribution >= 0.6 is 0 Å². The molecule has 0 unspecified atom stereocenters. The maximum atomic E-state index is 13.7. The Kier molecular flexibility index (Phi) is 11.4. The van der Waals surface area contributed by atoms with Crippen LogP contribution in [0, 0.1) is 13.8 Å². The SMILES string of the molecule is CC[C@@H](C(=O)NC1CCCCC1)N(Cc1ccc(OC)cc1)C(=O)CCCN(c1ccc(C)c(C)c1)S(C)(=O)=O. The summed E-state index contributed by atoms with van der Waals surface area (Å²) in [4.78, 5) is 28.8. The number of nitrogens with one attached hydrogen (secondary N) is 1. The number of sulfonamides is 1. The zero-order chi connectivity index (χ0) is 29.3. The van der Waals surface area contributed by atoms with Crippen LogP contribution in [0.1, 0.15) is 75.0 Å². The summed E-state index contributed by atoms with van der Waals surface area (Å²) in [5.41, 5.74) is 3.57. The third kappa shape index (κ3) is 8.71. The van der Waals surface area contributed by atoms with Crippen molar-refractivity contribution in [2.45, 2.75) is 90.8 Å². The lowest BCUT2D eigenvalue weighted by Crippen LogP contribution is -2.51. The number of benzene rings is 2. The maximum absolute atomic E-state index is 13.7. The van der Waals surface area contributed by atoms with Crippen molar-refractivity contribution in [2.75, 3.05) is 24.2 Å². The number of carbonyl (C=O) groups is 2. The van der Waals surface area contributed by atoms with E-state index in [1.165, 1.54) is 17.0 Å². The van der Waals surface area contributed by atoms with Crippen molar-refractivity contribution in [1.82, 2.24) is 10.2 Å². The van der Waals surface area contributed by atoms with Gasteiger partial charge in [-0.2, -0.15) is 0 Å². The second-order valence-electron chi connectivity index (χ2n) is 10.8. The Balaban J connectivity index is 1.77. The van der Waals surface area contributed by atoms with Gasteiger partial charge in [-0.15, -0.1) is 0 Å². The summed E-state index contributed by atoms with van der Waals surface area (Å²) >= 11 is 0. The Morgan fingerprint density at radius 3 is 2.27 bits per heavy atom. The molecule has 0 radical (unpaired) electrons. The molecule has 1 saturated carbocycles. The van der Waals surface area contributed by atoms with Crippen LogP contribution in [0.5, 0.6) is 5.75 Å². The first-order chi connectivity index (χ1) is 19.0. The molecule has 1 aliphatic carbocycles. The van der Waals surface area contributed by atoms with Gasteiger partial charge >= 0.3 is 0 Å². The number of anilines is 1. The average molecular weight is 572 g/mol. The van der Waals surface area contributed by atoms with Gasteiger partial charge in [0.1, 0.15) is 11.8 Å². The van der Waals surface area contributed by atoms with E-state index in [0.29, 0.717) is 18.5 Å². The van der Waals surface area contributed by atoms with Crippen molar-refractivity contribution in [3.8, 4) is 5.75 Å². The van der Waals surface area contributed by atoms with Crippen molar-refractivity contribution >= 4 is 27.5 Å². The van der Waals surface area contributed by atoms with Gasteiger partial charge in [-0.3, -0.25) is 13.9 Å². The number of methoxy groups -OCH3 is 1. The third-order valence-electron chi connectivity index (χ3n) is 7.78. The smallest absolute Gasteiger partial charge is 0.243 e. The molecule has 0 aliphatic heterocycles. The van der Waals surface area contributed by atoms with Crippen LogP contribution in [0.4, 0.5) is 5.69 Å². The molecule has 0 heterocycles. The molecular weight excluding hydrogens is 526 g/mol. The van der Waals surface area contributed by atoms with Gasteiger partial charge in [-0.25, -0.2) is 8.42 Å². The van der Waals surface area contributed by atoms with Crippen LogP contribution in [0.25, 0.3) is 0 Å². The zero-order valence-electron chi connectivity index (χ0n) is 24.6. The van der Waals surface area contributed by atoms with E-state index in [4.69, 9.17) is 4.74 Å². The van der Waals surface area contributed by atoms with E-state index in [1.807, 2.05) is 57.2 Å². The second kappa shape index (κ2) is 14.5. The Labute approximate surface area is 240 Å². The van der Waals surface area contributed by atoms with Gasteiger partial charge < -0.3 is 15.0 Å². The van der Waals surface area contributed by atoms with Crippen molar-refractivity contribution < 1.29 is 22.7 Å². The summed E-state index contributed by atoms with van der Waals surface area (Å²) in [5.74, 6) is 0.426. The quantitative estimate of drug-likeness (QED) is 0.360. The van der Waals surface area contributed by atoms with Crippen LogP contribution < -0.4 is 14.4 Å². The van der Waals surface area contributed by atoms with Crippen LogP contribution in [0.15, 0.2) is 42.5 Å². The van der Waals surface area contributed by atoms with Crippen LogP contribution in [0.2, 0.25) is 0 Å². The van der Waals surface area contributed by atoms with Crippen molar-refractivity contribution in [2.24, 2.45) is 0 Å². The first kappa shape index (κ1) is 31.5. The maximum Gasteiger partial charge on any atom is 0.243 e. The third-order valence-corrected chi connectivity index (χ3v) is 8.97. The first-order valence-corrected chi connectivity index (χ1v) is 16.2. The lowest BCUT2D eigenvalue weighted by atomic mass is 9.95. The van der Waals surface area contributed by atoms with Gasteiger partial charge in [0.2, 0.25) is 21.8 Å². The number of aryl methyl sites for hydroxylation is 2. The van der Waals surface area contributed by atoms with Crippen LogP contribution in [0.3, 0.4) is 0 Å². The lowest BCUT2D eigenvalue weighted by Gasteiger charge is -2.33. The highest BCUT2D eigenvalue weighted by Gasteiger charge is 2.30. The van der Waals surface area contributed by atoms with E-state index < -0.39 is 16.1 Å². The highest BCUT2D eigenvalue weighted by atomic mass is 32.2. The second-order valence-corrected chi connectivity index (χ2v) is 12.8. The van der Waals surface area contributed by atoms with Gasteiger partial charge in [0.15, 0.2) is 0 Å². The molecule has 2 aromatic carbocycles. The topological polar surface area (TPSA) is 96.0 Å². The Hall–Kier alpha value is -3.07. The summed E-state index contributed by atoms with van der Waals surface area (Å²) in [6, 6.07) is 12.6. The summed E-state index contributed by atoms with van der Waals surface area (Å²) in [5, 5.41) is 3.19. The molecule has 3 rings (SSSR count). The summed E-state index contributed by atoms with van der Waals surface area (Å²) < 4.78 is 31.9. The van der Waals surface area contributed by atoms with Crippen LogP contribution in [-0.2, 0) is 26.2 Å². The number of amides is 2. The molecule has 1 aliphatic rings. The Morgan fingerprint density at radius 2 is 1.70 bits per heavy atom. The van der Waals surface area contributed by atoms with Crippen molar-refractivity contribution in [3.05, 3.63) is 59.2 Å². The average Bonchev–Trinajstić information content (AvgIpc) is 2.92. The number of rotatable bonds is 13. The van der Waals surface area contributed by atoms with E-state index in [2.05, 4.69) is 5.32 Å². The Morgan fingerprint density at radius 1 is 1.02 bits per heavy atom. The predicted octanol–water partition coefficient (Wildman–Crippen LogP) is 5.11. The molecule has 1 atom stereocenters. The summed E-state index contributed by atoms with van der Waals surface area (Å²) in [7, 11) is -1.94. The van der Waals surface area contributed by atoms with Crippen molar-refractivity contribution in [1.29, 1.82) is 0 Å². The molecule has 0 saturated heterocycles. The highest BCUT2D eigenvalue weighted by Crippen LogP contribution is 2.23. The van der Waals surface area contributed by atoms with Gasteiger partial charge in [0.05, 0.1) is 19.1 Å². The molecule has 0 bridgehead atoms. The number of hydrogen-bond acceptors (Lipinski definition) is 5.